The van der Waals surface area contributed by atoms with Crippen molar-refractivity contribution < 1.29 is 0 Å². The lowest BCUT2D eigenvalue weighted by Crippen LogP contribution is -2.26. The molecular weight excluding hydrogens is 250 g/mol. The Kier molecular flexibility index (Phi) is 3.83. The number of nitrogens with one attached hydrogen (secondary N) is 1. The molecule has 0 amide bonds. The van der Waals surface area contributed by atoms with Gasteiger partial charge >= 0.3 is 0 Å². The van der Waals surface area contributed by atoms with Crippen LogP contribution >= 0.6 is 0 Å². The minimum absolute atomic E-state index is 0.0335. The van der Waals surface area contributed by atoms with Crippen LogP contribution in [-0.4, -0.2) is 28.0 Å². The molecule has 1 saturated heterocycles. The predicted molar refractivity (Wildman–Crippen MR) is 80.7 cm³/mol. The normalized spacial score (nSPS) is 20.9. The molecule has 0 spiro atoms. The highest BCUT2D eigenvalue weighted by molar-refractivity contribution is 5.77. The van der Waals surface area contributed by atoms with Crippen molar-refractivity contribution in [3.05, 3.63) is 40.4 Å². The maximum absolute atomic E-state index is 12.0. The first-order valence-electron chi connectivity index (χ1n) is 7.42. The number of fused-ring (bicyclic) bond motifs is 1. The summed E-state index contributed by atoms with van der Waals surface area (Å²) < 4.78 is 0. The van der Waals surface area contributed by atoms with Crippen LogP contribution in [0.2, 0.25) is 0 Å². The molecule has 1 N–H and O–H groups in total. The van der Waals surface area contributed by atoms with E-state index in [1.807, 2.05) is 24.3 Å². The summed E-state index contributed by atoms with van der Waals surface area (Å²) in [6.45, 7) is 5.25. The molecule has 20 heavy (non-hydrogen) atoms. The molecule has 0 saturated carbocycles. The van der Waals surface area contributed by atoms with E-state index in [1.54, 1.807) is 0 Å². The van der Waals surface area contributed by atoms with Crippen molar-refractivity contribution in [2.24, 2.45) is 5.92 Å². The second kappa shape index (κ2) is 5.75. The van der Waals surface area contributed by atoms with Gasteiger partial charge in [-0.25, -0.2) is 4.98 Å². The molecule has 1 aliphatic rings. The van der Waals surface area contributed by atoms with Crippen molar-refractivity contribution in [3.8, 4) is 0 Å². The summed E-state index contributed by atoms with van der Waals surface area (Å²) in [5.41, 5.74) is 0.753. The van der Waals surface area contributed by atoms with Gasteiger partial charge in [0, 0.05) is 0 Å². The van der Waals surface area contributed by atoms with Crippen LogP contribution in [0, 0.1) is 5.92 Å². The fourth-order valence-electron chi connectivity index (χ4n) is 2.90. The van der Waals surface area contributed by atoms with Crippen LogP contribution in [0.4, 0.5) is 0 Å². The molecule has 2 heterocycles. The minimum Gasteiger partial charge on any atom is -0.309 e. The van der Waals surface area contributed by atoms with Gasteiger partial charge in [-0.15, -0.1) is 0 Å². The molecule has 1 fully saturated rings. The number of H-pyrrole nitrogens is 1. The first-order chi connectivity index (χ1) is 9.72. The Morgan fingerprint density at radius 2 is 2.15 bits per heavy atom. The molecule has 0 aliphatic carbocycles. The van der Waals surface area contributed by atoms with Gasteiger partial charge in [-0.1, -0.05) is 19.1 Å². The van der Waals surface area contributed by atoms with E-state index >= 15 is 0 Å². The predicted octanol–water partition coefficient (Wildman–Crippen LogP) is 2.55. The Balaban J connectivity index is 1.82. The maximum Gasteiger partial charge on any atom is 0.258 e. The third-order valence-electron chi connectivity index (χ3n) is 4.14. The summed E-state index contributed by atoms with van der Waals surface area (Å²) in [6, 6.07) is 7.51. The molecule has 4 nitrogen and oxygen atoms in total. The number of likely N-dealkylation sites (tertiary alicyclic amines) is 1. The lowest BCUT2D eigenvalue weighted by molar-refractivity contribution is 0.267. The Morgan fingerprint density at radius 3 is 3.05 bits per heavy atom. The van der Waals surface area contributed by atoms with E-state index in [2.05, 4.69) is 21.8 Å². The first kappa shape index (κ1) is 13.3. The lowest BCUT2D eigenvalue weighted by atomic mass is 10.0. The van der Waals surface area contributed by atoms with Crippen LogP contribution in [0.5, 0.6) is 0 Å². The smallest absolute Gasteiger partial charge is 0.258 e. The monoisotopic (exact) mass is 271 g/mol. The number of rotatable bonds is 2. The maximum atomic E-state index is 12.0. The molecule has 1 atom stereocenters. The fraction of sp³-hybridized carbons (Fsp3) is 0.500. The number of aromatic nitrogens is 2. The number of hydrogen-bond acceptors (Lipinski definition) is 3. The fourth-order valence-corrected chi connectivity index (χ4v) is 2.90. The number of aromatic amines is 1. The summed E-state index contributed by atoms with van der Waals surface area (Å²) in [5.74, 6) is 1.59. The Bertz CT molecular complexity index is 649. The molecular formula is C16H21N3O. The van der Waals surface area contributed by atoms with E-state index in [9.17, 15) is 4.79 Å². The van der Waals surface area contributed by atoms with Crippen molar-refractivity contribution in [3.63, 3.8) is 0 Å². The average Bonchev–Trinajstić information content (AvgIpc) is 2.64. The van der Waals surface area contributed by atoms with Gasteiger partial charge in [-0.3, -0.25) is 9.69 Å². The Morgan fingerprint density at radius 1 is 1.30 bits per heavy atom. The molecule has 1 aromatic carbocycles. The first-order valence-corrected chi connectivity index (χ1v) is 7.42. The number of hydrogen-bond donors (Lipinski definition) is 1. The second-order valence-electron chi connectivity index (χ2n) is 5.84. The Hall–Kier alpha value is -1.68. The zero-order valence-electron chi connectivity index (χ0n) is 11.9. The molecule has 1 unspecified atom stereocenters. The lowest BCUT2D eigenvalue weighted by Gasteiger charge is -2.19. The van der Waals surface area contributed by atoms with Crippen molar-refractivity contribution >= 4 is 10.9 Å². The van der Waals surface area contributed by atoms with Gasteiger partial charge in [-0.05, 0) is 50.4 Å². The van der Waals surface area contributed by atoms with Gasteiger partial charge in [-0.2, -0.15) is 0 Å². The molecule has 0 radical (unpaired) electrons. The van der Waals surface area contributed by atoms with Crippen LogP contribution in [0.3, 0.4) is 0 Å². The highest BCUT2D eigenvalue weighted by Gasteiger charge is 2.15. The largest absolute Gasteiger partial charge is 0.309 e. The van der Waals surface area contributed by atoms with Gasteiger partial charge in [0.15, 0.2) is 0 Å². The zero-order chi connectivity index (χ0) is 13.9. The van der Waals surface area contributed by atoms with Crippen LogP contribution < -0.4 is 5.56 Å². The summed E-state index contributed by atoms with van der Waals surface area (Å²) >= 11 is 0. The quantitative estimate of drug-likeness (QED) is 0.913. The standard InChI is InChI=1S/C16H21N3O/c1-12-5-4-9-19(10-8-12)11-15-17-14-7-3-2-6-13(14)16(20)18-15/h2-3,6-7,12H,4-5,8-11H2,1H3,(H,17,18,20). The van der Waals surface area contributed by atoms with Crippen molar-refractivity contribution in [1.29, 1.82) is 0 Å². The van der Waals surface area contributed by atoms with Crippen LogP contribution in [-0.2, 0) is 6.54 Å². The van der Waals surface area contributed by atoms with E-state index in [0.717, 1.165) is 36.9 Å². The summed E-state index contributed by atoms with van der Waals surface area (Å²) in [5, 5.41) is 0.667. The van der Waals surface area contributed by atoms with Crippen LogP contribution in [0.1, 0.15) is 32.0 Å². The molecule has 4 heteroatoms. The Labute approximate surface area is 118 Å². The topological polar surface area (TPSA) is 49.0 Å². The molecule has 1 aromatic heterocycles. The van der Waals surface area contributed by atoms with Crippen LogP contribution in [0.25, 0.3) is 10.9 Å². The molecule has 2 aromatic rings. The second-order valence-corrected chi connectivity index (χ2v) is 5.84. The van der Waals surface area contributed by atoms with Gasteiger partial charge < -0.3 is 4.98 Å². The third-order valence-corrected chi connectivity index (χ3v) is 4.14. The zero-order valence-corrected chi connectivity index (χ0v) is 11.9. The average molecular weight is 271 g/mol. The van der Waals surface area contributed by atoms with Gasteiger partial charge in [0.05, 0.1) is 17.4 Å². The van der Waals surface area contributed by atoms with E-state index in [4.69, 9.17) is 0 Å². The number of nitrogens with zero attached hydrogens (tertiary/aromatic N) is 2. The number of para-hydroxylation sites is 1. The minimum atomic E-state index is -0.0335. The van der Waals surface area contributed by atoms with E-state index in [1.165, 1.54) is 19.3 Å². The van der Waals surface area contributed by atoms with Gasteiger partial charge in [0.1, 0.15) is 5.82 Å². The van der Waals surface area contributed by atoms with E-state index < -0.39 is 0 Å². The molecule has 106 valence electrons. The third kappa shape index (κ3) is 2.90. The molecule has 1 aliphatic heterocycles. The summed E-state index contributed by atoms with van der Waals surface area (Å²) in [6.07, 6.45) is 3.77. The summed E-state index contributed by atoms with van der Waals surface area (Å²) in [7, 11) is 0. The van der Waals surface area contributed by atoms with E-state index in [0.29, 0.717) is 5.39 Å². The van der Waals surface area contributed by atoms with Crippen LogP contribution in [0.15, 0.2) is 29.1 Å². The highest BCUT2D eigenvalue weighted by Crippen LogP contribution is 2.17. The molecule has 3 rings (SSSR count). The molecule has 0 bridgehead atoms. The SMILES string of the molecule is CC1CCCN(Cc2nc3ccccc3c(=O)[nH]2)CC1. The summed E-state index contributed by atoms with van der Waals surface area (Å²) in [4.78, 5) is 21.9. The van der Waals surface area contributed by atoms with Crippen molar-refractivity contribution in [1.82, 2.24) is 14.9 Å². The van der Waals surface area contributed by atoms with E-state index in [-0.39, 0.29) is 5.56 Å². The number of benzene rings is 1. The highest BCUT2D eigenvalue weighted by atomic mass is 16.1. The van der Waals surface area contributed by atoms with Gasteiger partial charge in [0.2, 0.25) is 0 Å². The van der Waals surface area contributed by atoms with Crippen molar-refractivity contribution in [2.75, 3.05) is 13.1 Å². The van der Waals surface area contributed by atoms with Gasteiger partial charge in [0.25, 0.3) is 5.56 Å². The van der Waals surface area contributed by atoms with Crippen molar-refractivity contribution in [2.45, 2.75) is 32.7 Å².